The number of imide groups is 1. The maximum Gasteiger partial charge on any atom is 0.282 e. The van der Waals surface area contributed by atoms with Gasteiger partial charge in [0.2, 0.25) is 5.91 Å². The summed E-state index contributed by atoms with van der Waals surface area (Å²) in [4.78, 5) is 47.6. The topological polar surface area (TPSA) is 110 Å². The first kappa shape index (κ1) is 16.6. The van der Waals surface area contributed by atoms with Gasteiger partial charge < -0.3 is 5.32 Å². The fourth-order valence-electron chi connectivity index (χ4n) is 2.52. The lowest BCUT2D eigenvalue weighted by Crippen LogP contribution is -2.43. The van der Waals surface area contributed by atoms with Crippen LogP contribution in [-0.2, 0) is 4.79 Å². The van der Waals surface area contributed by atoms with Crippen LogP contribution in [0, 0.1) is 10.1 Å². The standard InChI is InChI=1S/C15H17N3O5/c1-3-9(4-2)16-12(19)8-17-14(20)10-6-5-7-11(18(22)23)13(10)15(17)21/h5-7,9H,3-4,8H2,1-2H3,(H,16,19). The molecule has 0 fully saturated rings. The maximum absolute atomic E-state index is 12.3. The second kappa shape index (κ2) is 6.55. The summed E-state index contributed by atoms with van der Waals surface area (Å²) in [6.45, 7) is 3.39. The highest BCUT2D eigenvalue weighted by Gasteiger charge is 2.41. The largest absolute Gasteiger partial charge is 0.352 e. The van der Waals surface area contributed by atoms with Crippen LogP contribution < -0.4 is 5.32 Å². The Labute approximate surface area is 132 Å². The van der Waals surface area contributed by atoms with E-state index in [2.05, 4.69) is 5.32 Å². The van der Waals surface area contributed by atoms with E-state index in [0.717, 1.165) is 23.8 Å². The molecule has 3 amide bonds. The van der Waals surface area contributed by atoms with Crippen molar-refractivity contribution in [3.63, 3.8) is 0 Å². The van der Waals surface area contributed by atoms with Crippen molar-refractivity contribution in [2.75, 3.05) is 6.54 Å². The van der Waals surface area contributed by atoms with Gasteiger partial charge in [0, 0.05) is 12.1 Å². The van der Waals surface area contributed by atoms with E-state index in [4.69, 9.17) is 0 Å². The van der Waals surface area contributed by atoms with E-state index < -0.39 is 34.9 Å². The molecular formula is C15H17N3O5. The molecule has 0 saturated carbocycles. The monoisotopic (exact) mass is 319 g/mol. The number of amides is 3. The van der Waals surface area contributed by atoms with Crippen LogP contribution in [-0.4, -0.2) is 40.1 Å². The summed E-state index contributed by atoms with van der Waals surface area (Å²) in [6, 6.07) is 3.82. The molecule has 0 saturated heterocycles. The Morgan fingerprint density at radius 3 is 2.48 bits per heavy atom. The molecule has 1 aromatic rings. The van der Waals surface area contributed by atoms with Crippen molar-refractivity contribution in [1.29, 1.82) is 0 Å². The predicted octanol–water partition coefficient (Wildman–Crippen LogP) is 1.50. The molecule has 122 valence electrons. The number of nitro groups is 1. The van der Waals surface area contributed by atoms with Gasteiger partial charge in [-0.15, -0.1) is 0 Å². The number of hydrogen-bond donors (Lipinski definition) is 1. The van der Waals surface area contributed by atoms with Gasteiger partial charge in [0.15, 0.2) is 0 Å². The molecule has 1 aromatic carbocycles. The molecule has 0 bridgehead atoms. The minimum Gasteiger partial charge on any atom is -0.352 e. The Balaban J connectivity index is 2.23. The van der Waals surface area contributed by atoms with E-state index in [9.17, 15) is 24.5 Å². The Kier molecular flexibility index (Phi) is 4.73. The van der Waals surface area contributed by atoms with Gasteiger partial charge in [-0.25, -0.2) is 0 Å². The van der Waals surface area contributed by atoms with E-state index in [1.54, 1.807) is 0 Å². The molecule has 8 heteroatoms. The first-order valence-corrected chi connectivity index (χ1v) is 7.33. The highest BCUT2D eigenvalue weighted by atomic mass is 16.6. The molecule has 23 heavy (non-hydrogen) atoms. The van der Waals surface area contributed by atoms with Crippen molar-refractivity contribution in [3.05, 3.63) is 39.4 Å². The molecule has 0 aromatic heterocycles. The first-order chi connectivity index (χ1) is 10.9. The minimum absolute atomic E-state index is 0.0352. The first-order valence-electron chi connectivity index (χ1n) is 7.33. The lowest BCUT2D eigenvalue weighted by molar-refractivity contribution is -0.385. The Morgan fingerprint density at radius 1 is 1.26 bits per heavy atom. The second-order valence-electron chi connectivity index (χ2n) is 5.23. The van der Waals surface area contributed by atoms with Gasteiger partial charge in [0.1, 0.15) is 12.1 Å². The van der Waals surface area contributed by atoms with Gasteiger partial charge in [-0.3, -0.25) is 29.4 Å². The molecule has 1 N–H and O–H groups in total. The quantitative estimate of drug-likeness (QED) is 0.485. The maximum atomic E-state index is 12.3. The van der Waals surface area contributed by atoms with Crippen LogP contribution in [0.25, 0.3) is 0 Å². The number of nitrogens with one attached hydrogen (secondary N) is 1. The summed E-state index contributed by atoms with van der Waals surface area (Å²) in [5.41, 5.74) is -0.721. The van der Waals surface area contributed by atoms with Crippen molar-refractivity contribution >= 4 is 23.4 Å². The molecule has 2 rings (SSSR count). The lowest BCUT2D eigenvalue weighted by atomic mass is 10.1. The Hall–Kier alpha value is -2.77. The zero-order valence-corrected chi connectivity index (χ0v) is 12.9. The average Bonchev–Trinajstić information content (AvgIpc) is 2.77. The Bertz CT molecular complexity index is 682. The van der Waals surface area contributed by atoms with Gasteiger partial charge in [-0.1, -0.05) is 19.9 Å². The molecule has 1 aliphatic rings. The van der Waals surface area contributed by atoms with E-state index in [1.165, 1.54) is 12.1 Å². The number of carbonyl (C=O) groups is 3. The predicted molar refractivity (Wildman–Crippen MR) is 81.0 cm³/mol. The fraction of sp³-hybridized carbons (Fsp3) is 0.400. The minimum atomic E-state index is -0.808. The summed E-state index contributed by atoms with van der Waals surface area (Å²) >= 11 is 0. The normalized spacial score (nSPS) is 13.4. The highest BCUT2D eigenvalue weighted by Crippen LogP contribution is 2.30. The number of fused-ring (bicyclic) bond motifs is 1. The molecule has 0 radical (unpaired) electrons. The van der Waals surface area contributed by atoms with E-state index in [0.29, 0.717) is 0 Å². The van der Waals surface area contributed by atoms with Crippen LogP contribution in [0.4, 0.5) is 5.69 Å². The van der Waals surface area contributed by atoms with Crippen LogP contribution in [0.15, 0.2) is 18.2 Å². The number of hydrogen-bond acceptors (Lipinski definition) is 5. The van der Waals surface area contributed by atoms with E-state index in [1.807, 2.05) is 13.8 Å². The Morgan fingerprint density at radius 2 is 1.91 bits per heavy atom. The zero-order valence-electron chi connectivity index (χ0n) is 12.9. The molecule has 0 spiro atoms. The molecule has 1 aliphatic heterocycles. The summed E-state index contributed by atoms with van der Waals surface area (Å²) in [6.07, 6.45) is 1.46. The van der Waals surface area contributed by atoms with Crippen molar-refractivity contribution in [1.82, 2.24) is 10.2 Å². The summed E-state index contributed by atoms with van der Waals surface area (Å²) in [5, 5.41) is 13.7. The van der Waals surface area contributed by atoms with Crippen LogP contribution in [0.2, 0.25) is 0 Å². The molecule has 0 aliphatic carbocycles. The van der Waals surface area contributed by atoms with Crippen molar-refractivity contribution < 1.29 is 19.3 Å². The van der Waals surface area contributed by atoms with Gasteiger partial charge in [-0.2, -0.15) is 0 Å². The molecular weight excluding hydrogens is 302 g/mol. The molecule has 8 nitrogen and oxygen atoms in total. The van der Waals surface area contributed by atoms with Crippen molar-refractivity contribution in [2.24, 2.45) is 0 Å². The summed E-state index contributed by atoms with van der Waals surface area (Å²) < 4.78 is 0. The SMILES string of the molecule is CCC(CC)NC(=O)CN1C(=O)c2cccc([N+](=O)[O-])c2C1=O. The van der Waals surface area contributed by atoms with E-state index in [-0.39, 0.29) is 17.2 Å². The third kappa shape index (κ3) is 3.05. The number of rotatable bonds is 6. The molecule has 0 unspecified atom stereocenters. The molecule has 1 heterocycles. The van der Waals surface area contributed by atoms with Crippen LogP contribution in [0.1, 0.15) is 47.4 Å². The lowest BCUT2D eigenvalue weighted by Gasteiger charge is -2.18. The third-order valence-corrected chi connectivity index (χ3v) is 3.83. The summed E-state index contributed by atoms with van der Waals surface area (Å²) in [7, 11) is 0. The smallest absolute Gasteiger partial charge is 0.282 e. The average molecular weight is 319 g/mol. The number of benzene rings is 1. The fourth-order valence-corrected chi connectivity index (χ4v) is 2.52. The van der Waals surface area contributed by atoms with Crippen LogP contribution >= 0.6 is 0 Å². The summed E-state index contributed by atoms with van der Waals surface area (Å²) in [5.74, 6) is -1.96. The van der Waals surface area contributed by atoms with Crippen LogP contribution in [0.3, 0.4) is 0 Å². The third-order valence-electron chi connectivity index (χ3n) is 3.83. The van der Waals surface area contributed by atoms with Gasteiger partial charge in [-0.05, 0) is 18.9 Å². The van der Waals surface area contributed by atoms with Crippen LogP contribution in [0.5, 0.6) is 0 Å². The molecule has 0 atom stereocenters. The highest BCUT2D eigenvalue weighted by molar-refractivity contribution is 6.24. The van der Waals surface area contributed by atoms with Crippen molar-refractivity contribution in [3.8, 4) is 0 Å². The van der Waals surface area contributed by atoms with E-state index >= 15 is 0 Å². The number of nitrogens with zero attached hydrogens (tertiary/aromatic N) is 2. The zero-order chi connectivity index (χ0) is 17.1. The second-order valence-corrected chi connectivity index (χ2v) is 5.23. The van der Waals surface area contributed by atoms with Gasteiger partial charge >= 0.3 is 0 Å². The number of carbonyl (C=O) groups excluding carboxylic acids is 3. The number of nitro benzene ring substituents is 1. The van der Waals surface area contributed by atoms with Crippen molar-refractivity contribution in [2.45, 2.75) is 32.7 Å². The van der Waals surface area contributed by atoms with Gasteiger partial charge in [0.25, 0.3) is 17.5 Å². The van der Waals surface area contributed by atoms with Gasteiger partial charge in [0.05, 0.1) is 10.5 Å².